The maximum absolute atomic E-state index is 12.8. The lowest BCUT2D eigenvalue weighted by Gasteiger charge is -2.31. The lowest BCUT2D eigenvalue weighted by Crippen LogP contribution is -2.41. The van der Waals surface area contributed by atoms with Crippen molar-refractivity contribution in [3.05, 3.63) is 54.5 Å². The van der Waals surface area contributed by atoms with Gasteiger partial charge in [-0.3, -0.25) is 14.1 Å². The zero-order chi connectivity index (χ0) is 18.6. The van der Waals surface area contributed by atoms with E-state index in [1.165, 1.54) is 0 Å². The molecule has 0 unspecified atom stereocenters. The van der Waals surface area contributed by atoms with Gasteiger partial charge in [0.05, 0.1) is 24.5 Å². The van der Waals surface area contributed by atoms with E-state index in [0.29, 0.717) is 5.78 Å². The predicted octanol–water partition coefficient (Wildman–Crippen LogP) is 2.80. The maximum Gasteiger partial charge on any atom is 0.233 e. The first-order chi connectivity index (χ1) is 13.2. The highest BCUT2D eigenvalue weighted by atomic mass is 16.3. The topological polar surface area (TPSA) is 75.7 Å². The number of furan rings is 1. The van der Waals surface area contributed by atoms with Gasteiger partial charge in [0.1, 0.15) is 5.76 Å². The van der Waals surface area contributed by atoms with Gasteiger partial charge in [0.25, 0.3) is 0 Å². The average molecular weight is 367 g/mol. The van der Waals surface area contributed by atoms with Crippen molar-refractivity contribution in [1.82, 2.24) is 24.6 Å². The summed E-state index contributed by atoms with van der Waals surface area (Å²) in [7, 11) is 0. The quantitative estimate of drug-likeness (QED) is 0.725. The first-order valence-corrected chi connectivity index (χ1v) is 9.57. The first-order valence-electron chi connectivity index (χ1n) is 9.57. The number of amides is 1. The van der Waals surface area contributed by atoms with Crippen LogP contribution in [0.1, 0.15) is 43.7 Å². The number of carbonyl (C=O) groups is 1. The average Bonchev–Trinajstić information content (AvgIpc) is 3.35. The van der Waals surface area contributed by atoms with Crippen molar-refractivity contribution in [2.75, 3.05) is 13.1 Å². The third kappa shape index (κ3) is 4.03. The van der Waals surface area contributed by atoms with Gasteiger partial charge >= 0.3 is 0 Å². The molecule has 0 bridgehead atoms. The Morgan fingerprint density at radius 2 is 2.22 bits per heavy atom. The highest BCUT2D eigenvalue weighted by molar-refractivity contribution is 5.79. The fourth-order valence-corrected chi connectivity index (χ4v) is 3.67. The summed E-state index contributed by atoms with van der Waals surface area (Å²) >= 11 is 0. The third-order valence-electron chi connectivity index (χ3n) is 5.25. The molecule has 1 amide bonds. The summed E-state index contributed by atoms with van der Waals surface area (Å²) < 4.78 is 7.30. The maximum atomic E-state index is 12.8. The van der Waals surface area contributed by atoms with Crippen LogP contribution in [0.4, 0.5) is 0 Å². The summed E-state index contributed by atoms with van der Waals surface area (Å²) in [5.41, 5.74) is 0.861. The van der Waals surface area contributed by atoms with Crippen molar-refractivity contribution in [2.45, 2.75) is 38.8 Å². The molecule has 4 heterocycles. The van der Waals surface area contributed by atoms with Gasteiger partial charge in [-0.25, -0.2) is 9.97 Å². The second kappa shape index (κ2) is 7.92. The molecule has 0 saturated carbocycles. The summed E-state index contributed by atoms with van der Waals surface area (Å²) in [6, 6.07) is 5.69. The van der Waals surface area contributed by atoms with Gasteiger partial charge in [-0.05, 0) is 50.6 Å². The number of imidazole rings is 1. The number of carbonyl (C=O) groups excluding carboxylic acids is 1. The minimum atomic E-state index is -0.0830. The predicted molar refractivity (Wildman–Crippen MR) is 101 cm³/mol. The largest absolute Gasteiger partial charge is 0.468 e. The van der Waals surface area contributed by atoms with Gasteiger partial charge in [-0.2, -0.15) is 0 Å². The first kappa shape index (κ1) is 17.7. The SMILES string of the molecule is CC[C@H](NC(=O)C1CCN(Cc2ccco2)CC1)c1cn2cccnc2n1. The second-order valence-electron chi connectivity index (χ2n) is 7.09. The molecule has 1 fully saturated rings. The number of fused-ring (bicyclic) bond motifs is 1. The standard InChI is InChI=1S/C20H25N5O2/c1-2-17(18-14-25-9-4-8-21-20(25)23-18)22-19(26)15-6-10-24(11-7-15)13-16-5-3-12-27-16/h3-5,8-9,12,14-15,17H,2,6-7,10-11,13H2,1H3,(H,22,26)/t17-/m0/s1. The Labute approximate surface area is 158 Å². The summed E-state index contributed by atoms with van der Waals surface area (Å²) in [5, 5.41) is 3.19. The number of piperidine rings is 1. The summed E-state index contributed by atoms with van der Waals surface area (Å²) in [5.74, 6) is 1.82. The fraction of sp³-hybridized carbons (Fsp3) is 0.450. The zero-order valence-electron chi connectivity index (χ0n) is 15.5. The van der Waals surface area contributed by atoms with Crippen LogP contribution in [0.3, 0.4) is 0 Å². The van der Waals surface area contributed by atoms with Gasteiger partial charge in [-0.15, -0.1) is 0 Å². The van der Waals surface area contributed by atoms with E-state index in [4.69, 9.17) is 4.42 Å². The minimum absolute atomic E-state index is 0.0575. The highest BCUT2D eigenvalue weighted by Gasteiger charge is 2.27. The van der Waals surface area contributed by atoms with Crippen LogP contribution in [0.15, 0.2) is 47.5 Å². The van der Waals surface area contributed by atoms with Crippen LogP contribution in [0.5, 0.6) is 0 Å². The number of hydrogen-bond acceptors (Lipinski definition) is 5. The van der Waals surface area contributed by atoms with Crippen molar-refractivity contribution in [2.24, 2.45) is 5.92 Å². The molecule has 1 aliphatic rings. The minimum Gasteiger partial charge on any atom is -0.468 e. The summed E-state index contributed by atoms with van der Waals surface area (Å²) in [6.45, 7) is 4.70. The second-order valence-corrected chi connectivity index (χ2v) is 7.09. The normalized spacial score (nSPS) is 17.2. The smallest absolute Gasteiger partial charge is 0.233 e. The molecule has 7 nitrogen and oxygen atoms in total. The van der Waals surface area contributed by atoms with E-state index in [2.05, 4.69) is 27.1 Å². The molecular formula is C20H25N5O2. The third-order valence-corrected chi connectivity index (χ3v) is 5.25. The van der Waals surface area contributed by atoms with E-state index in [1.807, 2.05) is 35.0 Å². The number of rotatable bonds is 6. The van der Waals surface area contributed by atoms with E-state index in [0.717, 1.165) is 50.4 Å². The summed E-state index contributed by atoms with van der Waals surface area (Å²) in [6.07, 6.45) is 9.83. The molecule has 0 spiro atoms. The van der Waals surface area contributed by atoms with Crippen LogP contribution < -0.4 is 5.32 Å². The molecule has 0 aromatic carbocycles. The summed E-state index contributed by atoms with van der Waals surface area (Å²) in [4.78, 5) is 23.9. The van der Waals surface area contributed by atoms with E-state index in [9.17, 15) is 4.79 Å². The molecule has 0 radical (unpaired) electrons. The number of likely N-dealkylation sites (tertiary alicyclic amines) is 1. The number of aromatic nitrogens is 3. The van der Waals surface area contributed by atoms with Crippen molar-refractivity contribution in [3.63, 3.8) is 0 Å². The molecule has 1 atom stereocenters. The molecule has 0 aliphatic carbocycles. The van der Waals surface area contributed by atoms with Gasteiger partial charge < -0.3 is 9.73 Å². The van der Waals surface area contributed by atoms with Crippen molar-refractivity contribution < 1.29 is 9.21 Å². The van der Waals surface area contributed by atoms with E-state index >= 15 is 0 Å². The lowest BCUT2D eigenvalue weighted by molar-refractivity contribution is -0.127. The fourth-order valence-electron chi connectivity index (χ4n) is 3.67. The van der Waals surface area contributed by atoms with E-state index in [1.54, 1.807) is 12.5 Å². The molecule has 27 heavy (non-hydrogen) atoms. The molecular weight excluding hydrogens is 342 g/mol. The van der Waals surface area contributed by atoms with Gasteiger partial charge in [0.15, 0.2) is 0 Å². The molecule has 3 aromatic rings. The Hall–Kier alpha value is -2.67. The van der Waals surface area contributed by atoms with E-state index in [-0.39, 0.29) is 17.9 Å². The van der Waals surface area contributed by atoms with Crippen LogP contribution in [-0.2, 0) is 11.3 Å². The van der Waals surface area contributed by atoms with Crippen LogP contribution in [0.25, 0.3) is 5.78 Å². The van der Waals surface area contributed by atoms with Crippen LogP contribution in [0, 0.1) is 5.92 Å². The van der Waals surface area contributed by atoms with Crippen molar-refractivity contribution >= 4 is 11.7 Å². The Morgan fingerprint density at radius 1 is 1.37 bits per heavy atom. The van der Waals surface area contributed by atoms with E-state index < -0.39 is 0 Å². The molecule has 7 heteroatoms. The highest BCUT2D eigenvalue weighted by Crippen LogP contribution is 2.22. The Kier molecular flexibility index (Phi) is 5.20. The van der Waals surface area contributed by atoms with Crippen LogP contribution in [-0.4, -0.2) is 38.3 Å². The Balaban J connectivity index is 1.34. The monoisotopic (exact) mass is 367 g/mol. The molecule has 1 aliphatic heterocycles. The number of nitrogens with zero attached hydrogens (tertiary/aromatic N) is 4. The molecule has 142 valence electrons. The van der Waals surface area contributed by atoms with Crippen LogP contribution in [0.2, 0.25) is 0 Å². The molecule has 1 saturated heterocycles. The zero-order valence-corrected chi connectivity index (χ0v) is 15.5. The van der Waals surface area contributed by atoms with Crippen molar-refractivity contribution in [1.29, 1.82) is 0 Å². The number of nitrogens with one attached hydrogen (secondary N) is 1. The van der Waals surface area contributed by atoms with Crippen molar-refractivity contribution in [3.8, 4) is 0 Å². The number of hydrogen-bond donors (Lipinski definition) is 1. The van der Waals surface area contributed by atoms with Gasteiger partial charge in [-0.1, -0.05) is 6.92 Å². The molecule has 3 aromatic heterocycles. The van der Waals surface area contributed by atoms with Crippen LogP contribution >= 0.6 is 0 Å². The van der Waals surface area contributed by atoms with Gasteiger partial charge in [0, 0.05) is 24.5 Å². The molecule has 1 N–H and O–H groups in total. The Bertz CT molecular complexity index is 848. The molecule has 4 rings (SSSR count). The lowest BCUT2D eigenvalue weighted by atomic mass is 9.95. The van der Waals surface area contributed by atoms with Gasteiger partial charge in [0.2, 0.25) is 11.7 Å². The Morgan fingerprint density at radius 3 is 2.93 bits per heavy atom.